The summed E-state index contributed by atoms with van der Waals surface area (Å²) in [5.41, 5.74) is 0. The van der Waals surface area contributed by atoms with Crippen LogP contribution < -0.4 is 0 Å². The van der Waals surface area contributed by atoms with E-state index in [0.717, 1.165) is 25.7 Å². The number of hydrogen-bond donors (Lipinski definition) is 0. The monoisotopic (exact) mass is 207 g/mol. The van der Waals surface area contributed by atoms with Gasteiger partial charge in [-0.1, -0.05) is 12.8 Å². The van der Waals surface area contributed by atoms with Crippen LogP contribution in [0.15, 0.2) is 0 Å². The molecule has 1 aliphatic heterocycles. The van der Waals surface area contributed by atoms with Crippen LogP contribution in [0.5, 0.6) is 0 Å². The minimum absolute atomic E-state index is 0.190. The van der Waals surface area contributed by atoms with E-state index in [2.05, 4.69) is 0 Å². The van der Waals surface area contributed by atoms with Gasteiger partial charge in [0.1, 0.15) is 6.04 Å². The lowest BCUT2D eigenvalue weighted by Crippen LogP contribution is -2.42. The molecule has 82 valence electrons. The van der Waals surface area contributed by atoms with Gasteiger partial charge in [0.15, 0.2) is 0 Å². The van der Waals surface area contributed by atoms with Crippen molar-refractivity contribution in [2.45, 2.75) is 50.4 Å². The van der Waals surface area contributed by atoms with E-state index in [4.69, 9.17) is 0 Å². The molecule has 2 aliphatic rings. The summed E-state index contributed by atoms with van der Waals surface area (Å²) in [7, 11) is 1.63. The molecule has 0 spiro atoms. The lowest BCUT2D eigenvalue weighted by atomic mass is 9.85. The van der Waals surface area contributed by atoms with E-state index in [1.54, 1.807) is 11.9 Å². The Morgan fingerprint density at radius 2 is 1.79 bits per heavy atom. The van der Waals surface area contributed by atoms with Gasteiger partial charge in [-0.2, -0.15) is 13.2 Å². The average Bonchev–Trinajstić information content (AvgIpc) is 2.44. The minimum atomic E-state index is -4.04. The molecule has 0 aromatic heterocycles. The molecule has 3 unspecified atom stereocenters. The number of fused-ring (bicyclic) bond motifs is 1. The maximum Gasteiger partial charge on any atom is 0.404 e. The molecule has 14 heavy (non-hydrogen) atoms. The fraction of sp³-hybridized carbons (Fsp3) is 1.00. The molecule has 2 rings (SSSR count). The zero-order valence-electron chi connectivity index (χ0n) is 8.35. The SMILES string of the molecule is CN1C2CCCCC2CC1C(F)(F)F. The highest BCUT2D eigenvalue weighted by Crippen LogP contribution is 2.43. The summed E-state index contributed by atoms with van der Waals surface area (Å²) in [6, 6.07) is -0.994. The molecule has 1 saturated carbocycles. The van der Waals surface area contributed by atoms with Crippen LogP contribution in [-0.2, 0) is 0 Å². The Balaban J connectivity index is 2.10. The zero-order chi connectivity index (χ0) is 10.3. The summed E-state index contributed by atoms with van der Waals surface area (Å²) < 4.78 is 37.8. The molecule has 1 aliphatic carbocycles. The van der Waals surface area contributed by atoms with Crippen molar-refractivity contribution in [3.63, 3.8) is 0 Å². The van der Waals surface area contributed by atoms with Crippen LogP contribution in [0.1, 0.15) is 32.1 Å². The quantitative estimate of drug-likeness (QED) is 0.590. The highest BCUT2D eigenvalue weighted by Gasteiger charge is 2.51. The first kappa shape index (κ1) is 10.3. The van der Waals surface area contributed by atoms with E-state index in [9.17, 15) is 13.2 Å². The first-order chi connectivity index (χ1) is 6.50. The van der Waals surface area contributed by atoms with Gasteiger partial charge in [0.25, 0.3) is 0 Å². The Morgan fingerprint density at radius 3 is 2.36 bits per heavy atom. The van der Waals surface area contributed by atoms with Gasteiger partial charge in [0.2, 0.25) is 0 Å². The van der Waals surface area contributed by atoms with E-state index < -0.39 is 12.2 Å². The van der Waals surface area contributed by atoms with Gasteiger partial charge < -0.3 is 0 Å². The Morgan fingerprint density at radius 1 is 1.14 bits per heavy atom. The number of nitrogens with zero attached hydrogens (tertiary/aromatic N) is 1. The molecule has 0 aromatic rings. The second kappa shape index (κ2) is 3.40. The normalized spacial score (nSPS) is 39.9. The fourth-order valence-corrected chi connectivity index (χ4v) is 3.05. The van der Waals surface area contributed by atoms with Crippen molar-refractivity contribution in [2.75, 3.05) is 7.05 Å². The van der Waals surface area contributed by atoms with E-state index in [-0.39, 0.29) is 6.04 Å². The Kier molecular flexibility index (Phi) is 2.50. The maximum absolute atomic E-state index is 12.6. The van der Waals surface area contributed by atoms with Crippen molar-refractivity contribution in [3.05, 3.63) is 0 Å². The van der Waals surface area contributed by atoms with Gasteiger partial charge in [0, 0.05) is 6.04 Å². The number of halogens is 3. The predicted molar refractivity (Wildman–Crippen MR) is 48.0 cm³/mol. The highest BCUT2D eigenvalue weighted by atomic mass is 19.4. The molecule has 3 atom stereocenters. The predicted octanol–water partition coefficient (Wildman–Crippen LogP) is 2.81. The number of hydrogen-bond acceptors (Lipinski definition) is 1. The highest BCUT2D eigenvalue weighted by molar-refractivity contribution is 4.96. The first-order valence-electron chi connectivity index (χ1n) is 5.29. The third-order valence-electron chi connectivity index (χ3n) is 3.79. The minimum Gasteiger partial charge on any atom is -0.292 e. The third kappa shape index (κ3) is 1.64. The molecule has 4 heteroatoms. The van der Waals surface area contributed by atoms with Crippen molar-refractivity contribution in [1.29, 1.82) is 0 Å². The standard InChI is InChI=1S/C10H16F3N/c1-14-8-5-3-2-4-7(8)6-9(14)10(11,12)13/h7-9H,2-6H2,1H3. The molecule has 0 amide bonds. The summed E-state index contributed by atoms with van der Waals surface area (Å²) >= 11 is 0. The average molecular weight is 207 g/mol. The molecular weight excluding hydrogens is 191 g/mol. The molecule has 0 bridgehead atoms. The van der Waals surface area contributed by atoms with Crippen LogP contribution in [0.3, 0.4) is 0 Å². The van der Waals surface area contributed by atoms with Crippen LogP contribution in [-0.4, -0.2) is 30.2 Å². The van der Waals surface area contributed by atoms with Gasteiger partial charge in [-0.25, -0.2) is 0 Å². The lowest BCUT2D eigenvalue weighted by Gasteiger charge is -2.31. The van der Waals surface area contributed by atoms with Gasteiger partial charge in [-0.15, -0.1) is 0 Å². The van der Waals surface area contributed by atoms with Crippen LogP contribution in [0.2, 0.25) is 0 Å². The van der Waals surface area contributed by atoms with Crippen LogP contribution in [0.4, 0.5) is 13.2 Å². The van der Waals surface area contributed by atoms with E-state index >= 15 is 0 Å². The molecule has 0 aromatic carbocycles. The summed E-state index contributed by atoms with van der Waals surface area (Å²) in [5.74, 6) is 0.292. The maximum atomic E-state index is 12.6. The molecule has 0 radical (unpaired) electrons. The molecule has 2 fully saturated rings. The van der Waals surface area contributed by atoms with Gasteiger partial charge in [0.05, 0.1) is 0 Å². The zero-order valence-corrected chi connectivity index (χ0v) is 8.35. The topological polar surface area (TPSA) is 3.24 Å². The van der Waals surface area contributed by atoms with Crippen molar-refractivity contribution >= 4 is 0 Å². The van der Waals surface area contributed by atoms with Crippen LogP contribution >= 0.6 is 0 Å². The number of alkyl halides is 3. The molecule has 1 nitrogen and oxygen atoms in total. The third-order valence-corrected chi connectivity index (χ3v) is 3.79. The summed E-state index contributed by atoms with van der Waals surface area (Å²) in [5, 5.41) is 0. The van der Waals surface area contributed by atoms with Crippen LogP contribution in [0.25, 0.3) is 0 Å². The molecule has 0 N–H and O–H groups in total. The summed E-state index contributed by atoms with van der Waals surface area (Å²) in [6.07, 6.45) is 0.432. The van der Waals surface area contributed by atoms with Gasteiger partial charge in [-0.3, -0.25) is 4.90 Å². The fourth-order valence-electron chi connectivity index (χ4n) is 3.05. The van der Waals surface area contributed by atoms with Crippen molar-refractivity contribution in [3.8, 4) is 0 Å². The van der Waals surface area contributed by atoms with E-state index in [0.29, 0.717) is 12.3 Å². The molecule has 1 saturated heterocycles. The Labute approximate surface area is 82.3 Å². The van der Waals surface area contributed by atoms with E-state index in [1.807, 2.05) is 0 Å². The summed E-state index contributed by atoms with van der Waals surface area (Å²) in [4.78, 5) is 1.56. The van der Waals surface area contributed by atoms with Crippen molar-refractivity contribution in [1.82, 2.24) is 4.90 Å². The number of rotatable bonds is 0. The smallest absolute Gasteiger partial charge is 0.292 e. The van der Waals surface area contributed by atoms with Crippen LogP contribution in [0, 0.1) is 5.92 Å². The second-order valence-electron chi connectivity index (χ2n) is 4.57. The first-order valence-corrected chi connectivity index (χ1v) is 5.29. The van der Waals surface area contributed by atoms with E-state index in [1.165, 1.54) is 0 Å². The summed E-state index contributed by atoms with van der Waals surface area (Å²) in [6.45, 7) is 0. The molecular formula is C10H16F3N. The van der Waals surface area contributed by atoms with Gasteiger partial charge in [-0.05, 0) is 32.2 Å². The number of likely N-dealkylation sites (tertiary alicyclic amines) is 1. The molecule has 1 heterocycles. The second-order valence-corrected chi connectivity index (χ2v) is 4.57. The van der Waals surface area contributed by atoms with Crippen molar-refractivity contribution in [2.24, 2.45) is 5.92 Å². The van der Waals surface area contributed by atoms with Crippen molar-refractivity contribution < 1.29 is 13.2 Å². The van der Waals surface area contributed by atoms with Gasteiger partial charge >= 0.3 is 6.18 Å². The Hall–Kier alpha value is -0.250. The lowest BCUT2D eigenvalue weighted by molar-refractivity contribution is -0.175. The largest absolute Gasteiger partial charge is 0.404 e. The Bertz CT molecular complexity index is 214.